The highest BCUT2D eigenvalue weighted by Gasteiger charge is 2.26. The Morgan fingerprint density at radius 1 is 0.545 bits per heavy atom. The van der Waals surface area contributed by atoms with Crippen LogP contribution in [0.25, 0.3) is 0 Å². The first kappa shape index (κ1) is 54.2. The number of aliphatic hydroxyl groups excluding tert-OH is 2. The van der Waals surface area contributed by atoms with Crippen LogP contribution in [0.1, 0.15) is 226 Å². The van der Waals surface area contributed by atoms with Crippen molar-refractivity contribution in [3.63, 3.8) is 0 Å². The molecular weight excluding hydrogens is 715 g/mol. The standard InChI is InChI=1S/C45H89O9P/c1-3-5-7-9-11-13-15-16-17-18-19-20-21-22-23-24-25-26-27-28-30-32-34-36-38-51-41-44(42-53-55(49,50)52-40-43(47)39-46)54-45(48)37-35-33-31-29-14-12-10-8-6-4-2/h18-19,43-44,46-47H,3-17,20-42H2,1-2H3,(H,49,50)/b19-18-. The van der Waals surface area contributed by atoms with Crippen LogP contribution in [-0.4, -0.2) is 66.3 Å². The fourth-order valence-corrected chi connectivity index (χ4v) is 7.44. The molecule has 328 valence electrons. The number of hydrogen-bond acceptors (Lipinski definition) is 8. The summed E-state index contributed by atoms with van der Waals surface area (Å²) in [5, 5.41) is 18.3. The van der Waals surface area contributed by atoms with E-state index in [0.29, 0.717) is 6.61 Å². The van der Waals surface area contributed by atoms with E-state index >= 15 is 0 Å². The lowest BCUT2D eigenvalue weighted by atomic mass is 10.0. The highest BCUT2D eigenvalue weighted by molar-refractivity contribution is 7.47. The van der Waals surface area contributed by atoms with Gasteiger partial charge in [-0.2, -0.15) is 0 Å². The Kier molecular flexibility index (Phi) is 42.2. The molecule has 0 radical (unpaired) electrons. The van der Waals surface area contributed by atoms with Crippen molar-refractivity contribution in [2.45, 2.75) is 238 Å². The van der Waals surface area contributed by atoms with Gasteiger partial charge in [-0.15, -0.1) is 0 Å². The highest BCUT2D eigenvalue weighted by Crippen LogP contribution is 2.43. The second-order valence-electron chi connectivity index (χ2n) is 15.8. The SMILES string of the molecule is CCCCCCCCCC/C=C\CCCCCCCCCCCCCCOCC(COP(=O)(O)OCC(O)CO)OC(=O)CCCCCCCCCCCC. The number of carbonyl (C=O) groups is 1. The summed E-state index contributed by atoms with van der Waals surface area (Å²) in [6.07, 6.45) is 43.3. The third-order valence-corrected chi connectivity index (χ3v) is 11.2. The molecule has 0 heterocycles. The number of unbranched alkanes of at least 4 members (excludes halogenated alkanes) is 29. The summed E-state index contributed by atoms with van der Waals surface area (Å²) in [4.78, 5) is 22.5. The molecule has 0 saturated heterocycles. The Labute approximate surface area is 339 Å². The second kappa shape index (κ2) is 42.8. The van der Waals surface area contributed by atoms with Crippen molar-refractivity contribution in [1.82, 2.24) is 0 Å². The molecule has 0 bridgehead atoms. The lowest BCUT2D eigenvalue weighted by Gasteiger charge is -2.20. The van der Waals surface area contributed by atoms with Gasteiger partial charge < -0.3 is 24.6 Å². The van der Waals surface area contributed by atoms with E-state index in [4.69, 9.17) is 23.6 Å². The first-order valence-electron chi connectivity index (χ1n) is 23.2. The molecule has 3 atom stereocenters. The van der Waals surface area contributed by atoms with Crippen LogP contribution in [0.15, 0.2) is 12.2 Å². The molecule has 0 saturated carbocycles. The predicted octanol–water partition coefficient (Wildman–Crippen LogP) is 12.9. The molecule has 0 spiro atoms. The van der Waals surface area contributed by atoms with Crippen molar-refractivity contribution in [3.05, 3.63) is 12.2 Å². The van der Waals surface area contributed by atoms with E-state index in [-0.39, 0.29) is 25.6 Å². The Morgan fingerprint density at radius 2 is 0.927 bits per heavy atom. The minimum Gasteiger partial charge on any atom is -0.457 e. The molecule has 0 aliphatic heterocycles. The van der Waals surface area contributed by atoms with Crippen molar-refractivity contribution in [2.24, 2.45) is 0 Å². The monoisotopic (exact) mass is 805 g/mol. The number of carbonyl (C=O) groups excluding carboxylic acids is 1. The molecule has 9 nitrogen and oxygen atoms in total. The van der Waals surface area contributed by atoms with E-state index in [1.165, 1.54) is 173 Å². The molecule has 0 aromatic rings. The van der Waals surface area contributed by atoms with Gasteiger partial charge in [0, 0.05) is 13.0 Å². The van der Waals surface area contributed by atoms with Gasteiger partial charge in [-0.25, -0.2) is 4.57 Å². The molecule has 0 aliphatic rings. The van der Waals surface area contributed by atoms with Crippen molar-refractivity contribution >= 4 is 13.8 Å². The molecular formula is C45H89O9P. The Morgan fingerprint density at radius 3 is 1.36 bits per heavy atom. The van der Waals surface area contributed by atoms with Crippen LogP contribution in [0.3, 0.4) is 0 Å². The van der Waals surface area contributed by atoms with Crippen LogP contribution >= 0.6 is 7.82 Å². The van der Waals surface area contributed by atoms with Crippen LogP contribution in [0.2, 0.25) is 0 Å². The molecule has 10 heteroatoms. The number of rotatable bonds is 45. The van der Waals surface area contributed by atoms with Crippen molar-refractivity contribution in [2.75, 3.05) is 33.0 Å². The third-order valence-electron chi connectivity index (χ3n) is 10.2. The lowest BCUT2D eigenvalue weighted by Crippen LogP contribution is -2.29. The van der Waals surface area contributed by atoms with Gasteiger partial charge in [0.1, 0.15) is 12.2 Å². The number of ether oxygens (including phenoxy) is 2. The average Bonchev–Trinajstić information content (AvgIpc) is 3.18. The maximum absolute atomic E-state index is 12.6. The summed E-state index contributed by atoms with van der Waals surface area (Å²) in [7, 11) is -4.51. The van der Waals surface area contributed by atoms with E-state index in [9.17, 15) is 19.4 Å². The fourth-order valence-electron chi connectivity index (χ4n) is 6.65. The third kappa shape index (κ3) is 42.6. The topological polar surface area (TPSA) is 132 Å². The Balaban J connectivity index is 3.96. The molecule has 0 aromatic heterocycles. The van der Waals surface area contributed by atoms with Gasteiger partial charge in [-0.3, -0.25) is 13.8 Å². The van der Waals surface area contributed by atoms with Crippen molar-refractivity contribution in [3.8, 4) is 0 Å². The summed E-state index contributed by atoms with van der Waals surface area (Å²) >= 11 is 0. The number of esters is 1. The minimum absolute atomic E-state index is 0.0547. The number of hydrogen-bond donors (Lipinski definition) is 3. The number of allylic oxidation sites excluding steroid dienone is 2. The largest absolute Gasteiger partial charge is 0.472 e. The van der Waals surface area contributed by atoms with Gasteiger partial charge >= 0.3 is 13.8 Å². The van der Waals surface area contributed by atoms with E-state index in [1.807, 2.05) is 0 Å². The lowest BCUT2D eigenvalue weighted by molar-refractivity contribution is -0.154. The summed E-state index contributed by atoms with van der Waals surface area (Å²) in [6.45, 7) is 3.54. The zero-order valence-corrected chi connectivity index (χ0v) is 36.8. The molecule has 0 fully saturated rings. The zero-order valence-electron chi connectivity index (χ0n) is 35.9. The summed E-state index contributed by atoms with van der Waals surface area (Å²) in [5.41, 5.74) is 0. The Hall–Kier alpha value is -0.800. The first-order valence-corrected chi connectivity index (χ1v) is 24.7. The summed E-state index contributed by atoms with van der Waals surface area (Å²) in [5.74, 6) is -0.381. The summed E-state index contributed by atoms with van der Waals surface area (Å²) in [6, 6.07) is 0. The van der Waals surface area contributed by atoms with E-state index < -0.39 is 33.2 Å². The Bertz CT molecular complexity index is 871. The van der Waals surface area contributed by atoms with E-state index in [2.05, 4.69) is 26.0 Å². The molecule has 55 heavy (non-hydrogen) atoms. The number of aliphatic hydroxyl groups is 2. The maximum atomic E-state index is 12.6. The molecule has 0 rings (SSSR count). The second-order valence-corrected chi connectivity index (χ2v) is 17.2. The van der Waals surface area contributed by atoms with Crippen molar-refractivity contribution < 1.29 is 43.0 Å². The first-order chi connectivity index (χ1) is 26.8. The van der Waals surface area contributed by atoms with Crippen molar-refractivity contribution in [1.29, 1.82) is 0 Å². The normalized spacial score (nSPS) is 14.1. The zero-order chi connectivity index (χ0) is 40.3. The smallest absolute Gasteiger partial charge is 0.457 e. The van der Waals surface area contributed by atoms with Crippen LogP contribution < -0.4 is 0 Å². The average molecular weight is 805 g/mol. The number of phosphoric ester groups is 1. The number of phosphoric acid groups is 1. The quantitative estimate of drug-likeness (QED) is 0.0238. The van der Waals surface area contributed by atoms with Crippen LogP contribution in [0.5, 0.6) is 0 Å². The van der Waals surface area contributed by atoms with E-state index in [1.54, 1.807) is 0 Å². The highest BCUT2D eigenvalue weighted by atomic mass is 31.2. The van der Waals surface area contributed by atoms with Gasteiger partial charge in [-0.1, -0.05) is 193 Å². The molecule has 0 aromatic carbocycles. The molecule has 3 N–H and O–H groups in total. The summed E-state index contributed by atoms with van der Waals surface area (Å²) < 4.78 is 33.3. The van der Waals surface area contributed by atoms with Gasteiger partial charge in [0.25, 0.3) is 0 Å². The maximum Gasteiger partial charge on any atom is 0.472 e. The minimum atomic E-state index is -4.51. The van der Waals surface area contributed by atoms with Gasteiger partial charge in [0.15, 0.2) is 0 Å². The fraction of sp³-hybridized carbons (Fsp3) is 0.933. The molecule has 0 aliphatic carbocycles. The van der Waals surface area contributed by atoms with Crippen LogP contribution in [0.4, 0.5) is 0 Å². The molecule has 3 unspecified atom stereocenters. The predicted molar refractivity (Wildman–Crippen MR) is 228 cm³/mol. The van der Waals surface area contributed by atoms with Gasteiger partial charge in [-0.05, 0) is 38.5 Å². The van der Waals surface area contributed by atoms with Crippen LogP contribution in [0, 0.1) is 0 Å². The van der Waals surface area contributed by atoms with E-state index in [0.717, 1.165) is 32.1 Å². The van der Waals surface area contributed by atoms with Gasteiger partial charge in [0.05, 0.1) is 26.4 Å². The van der Waals surface area contributed by atoms with Gasteiger partial charge in [0.2, 0.25) is 0 Å². The molecule has 0 amide bonds. The van der Waals surface area contributed by atoms with Crippen LogP contribution in [-0.2, 0) is 27.9 Å².